The summed E-state index contributed by atoms with van der Waals surface area (Å²) in [4.78, 5) is 18.8. The van der Waals surface area contributed by atoms with Gasteiger partial charge in [-0.15, -0.1) is 0 Å². The Kier molecular flexibility index (Phi) is 5.75. The number of carbonyl (C=O) groups is 1. The van der Waals surface area contributed by atoms with E-state index in [1.807, 2.05) is 32.6 Å². The van der Waals surface area contributed by atoms with Crippen LogP contribution < -0.4 is 10.5 Å². The number of anilines is 1. The lowest BCUT2D eigenvalue weighted by Crippen LogP contribution is -2.39. The predicted octanol–water partition coefficient (Wildman–Crippen LogP) is 3.31. The monoisotopic (exact) mass is 457 g/mol. The van der Waals surface area contributed by atoms with E-state index in [4.69, 9.17) is 10.5 Å². The number of nitrogens with two attached hydrogens (primary N) is 1. The van der Waals surface area contributed by atoms with Gasteiger partial charge in [-0.1, -0.05) is 0 Å². The zero-order valence-corrected chi connectivity index (χ0v) is 19.3. The van der Waals surface area contributed by atoms with Crippen LogP contribution >= 0.6 is 0 Å². The molecule has 4 heterocycles. The summed E-state index contributed by atoms with van der Waals surface area (Å²) in [7, 11) is 3.39. The second-order valence-electron chi connectivity index (χ2n) is 8.43. The van der Waals surface area contributed by atoms with E-state index < -0.39 is 0 Å². The van der Waals surface area contributed by atoms with Crippen LogP contribution in [0.5, 0.6) is 5.75 Å². The van der Waals surface area contributed by atoms with E-state index >= 15 is 0 Å². The lowest BCUT2D eigenvalue weighted by atomic mass is 10.0. The number of hydrogen-bond donors (Lipinski definition) is 1. The molecule has 4 aromatic rings. The van der Waals surface area contributed by atoms with E-state index in [2.05, 4.69) is 21.4 Å². The van der Waals surface area contributed by atoms with E-state index in [-0.39, 0.29) is 11.9 Å². The molecule has 1 aromatic carbocycles. The van der Waals surface area contributed by atoms with Gasteiger partial charge < -0.3 is 15.4 Å². The highest BCUT2D eigenvalue weighted by Gasteiger charge is 2.25. The smallest absolute Gasteiger partial charge is 0.253 e. The quantitative estimate of drug-likeness (QED) is 0.366. The number of pyridine rings is 1. The zero-order chi connectivity index (χ0) is 23.7. The number of likely N-dealkylation sites (tertiary alicyclic amines) is 1. The van der Waals surface area contributed by atoms with Gasteiger partial charge in [0.1, 0.15) is 11.3 Å². The summed E-state index contributed by atoms with van der Waals surface area (Å²) in [5.41, 5.74) is 10.8. The topological polar surface area (TPSA) is 103 Å². The Morgan fingerprint density at radius 3 is 2.59 bits per heavy atom. The molecular weight excluding hydrogens is 430 g/mol. The third-order valence-electron chi connectivity index (χ3n) is 6.31. The van der Waals surface area contributed by atoms with Crippen molar-refractivity contribution in [2.45, 2.75) is 18.9 Å². The van der Waals surface area contributed by atoms with E-state index in [1.54, 1.807) is 50.8 Å². The Labute approximate surface area is 197 Å². The molecule has 1 fully saturated rings. The van der Waals surface area contributed by atoms with Crippen molar-refractivity contribution in [2.75, 3.05) is 33.0 Å². The fraction of sp³-hybridized carbons (Fsp3) is 0.280. The van der Waals surface area contributed by atoms with Crippen LogP contribution in [0.4, 0.5) is 5.69 Å². The van der Waals surface area contributed by atoms with Crippen molar-refractivity contribution in [1.29, 1.82) is 0 Å². The van der Waals surface area contributed by atoms with Gasteiger partial charge in [-0.25, -0.2) is 4.52 Å². The molecule has 0 bridgehead atoms. The number of carbonyl (C=O) groups excluding carboxylic acids is 1. The summed E-state index contributed by atoms with van der Waals surface area (Å²) in [6, 6.07) is 9.34. The molecule has 1 aliphatic rings. The van der Waals surface area contributed by atoms with Crippen LogP contribution in [0.25, 0.3) is 16.6 Å². The maximum absolute atomic E-state index is 12.8. The molecule has 0 spiro atoms. The van der Waals surface area contributed by atoms with Gasteiger partial charge >= 0.3 is 0 Å². The molecule has 1 saturated heterocycles. The minimum atomic E-state index is 0.0479. The molecule has 9 nitrogen and oxygen atoms in total. The molecule has 3 aromatic heterocycles. The number of piperidine rings is 1. The summed E-state index contributed by atoms with van der Waals surface area (Å²) < 4.78 is 9.46. The molecule has 1 aliphatic heterocycles. The lowest BCUT2D eigenvalue weighted by molar-refractivity contribution is 0.0690. The molecule has 5 rings (SSSR count). The highest BCUT2D eigenvalue weighted by atomic mass is 16.5. The number of amides is 1. The van der Waals surface area contributed by atoms with Crippen molar-refractivity contribution in [1.82, 2.24) is 24.3 Å². The number of nitrogen functional groups attached to an aromatic ring is 1. The van der Waals surface area contributed by atoms with Gasteiger partial charge in [0.25, 0.3) is 5.91 Å². The summed E-state index contributed by atoms with van der Waals surface area (Å²) in [6.07, 6.45) is 11.1. The average Bonchev–Trinajstić information content (AvgIpc) is 3.52. The van der Waals surface area contributed by atoms with Gasteiger partial charge in [0.2, 0.25) is 0 Å². The maximum atomic E-state index is 12.8. The molecule has 0 aliphatic carbocycles. The highest BCUT2D eigenvalue weighted by molar-refractivity contribution is 5.94. The van der Waals surface area contributed by atoms with Gasteiger partial charge in [-0.05, 0) is 43.2 Å². The number of aromatic nitrogens is 4. The maximum Gasteiger partial charge on any atom is 0.253 e. The van der Waals surface area contributed by atoms with Crippen LogP contribution in [0.2, 0.25) is 0 Å². The van der Waals surface area contributed by atoms with Gasteiger partial charge in [0.15, 0.2) is 0 Å². The zero-order valence-electron chi connectivity index (χ0n) is 19.3. The summed E-state index contributed by atoms with van der Waals surface area (Å²) >= 11 is 0. The van der Waals surface area contributed by atoms with Crippen LogP contribution in [-0.4, -0.2) is 63.7 Å². The normalized spacial score (nSPS) is 14.8. The highest BCUT2D eigenvalue weighted by Crippen LogP contribution is 2.31. The van der Waals surface area contributed by atoms with E-state index in [1.165, 1.54) is 0 Å². The molecule has 2 N–H and O–H groups in total. The van der Waals surface area contributed by atoms with Crippen LogP contribution in [0, 0.1) is 0 Å². The molecule has 34 heavy (non-hydrogen) atoms. The number of fused-ring (bicyclic) bond motifs is 1. The fourth-order valence-electron chi connectivity index (χ4n) is 4.48. The number of methoxy groups -OCH3 is 1. The molecule has 0 atom stereocenters. The molecule has 0 saturated carbocycles. The Morgan fingerprint density at radius 2 is 1.88 bits per heavy atom. The third kappa shape index (κ3) is 4.00. The van der Waals surface area contributed by atoms with Crippen molar-refractivity contribution < 1.29 is 9.53 Å². The summed E-state index contributed by atoms with van der Waals surface area (Å²) in [6.45, 7) is 1.38. The number of rotatable bonds is 5. The van der Waals surface area contributed by atoms with Crippen LogP contribution in [0.15, 0.2) is 60.1 Å². The van der Waals surface area contributed by atoms with Crippen molar-refractivity contribution >= 4 is 23.3 Å². The fourth-order valence-corrected chi connectivity index (χ4v) is 4.48. The molecule has 174 valence electrons. The van der Waals surface area contributed by atoms with Crippen LogP contribution in [0.3, 0.4) is 0 Å². The predicted molar refractivity (Wildman–Crippen MR) is 132 cm³/mol. The third-order valence-corrected chi connectivity index (χ3v) is 6.31. The number of aliphatic imine (C=N–C) groups is 1. The summed E-state index contributed by atoms with van der Waals surface area (Å²) in [5, 5.41) is 9.09. The molecule has 1 amide bonds. The SMILES string of the molecule is CN=Cc1cnn2cc(-c3cnn(C4CCN(C(=O)c5ccc(N)cc5)CC4)c3)cc(OC)c12. The first-order valence-corrected chi connectivity index (χ1v) is 11.2. The molecule has 9 heteroatoms. The van der Waals surface area contributed by atoms with E-state index in [0.717, 1.165) is 40.8 Å². The lowest BCUT2D eigenvalue weighted by Gasteiger charge is -2.32. The summed E-state index contributed by atoms with van der Waals surface area (Å²) in [5.74, 6) is 0.777. The van der Waals surface area contributed by atoms with Crippen LogP contribution in [0.1, 0.15) is 34.8 Å². The average molecular weight is 458 g/mol. The minimum Gasteiger partial charge on any atom is -0.494 e. The first-order chi connectivity index (χ1) is 16.6. The second kappa shape index (κ2) is 9.01. The number of benzene rings is 1. The molecule has 0 unspecified atom stereocenters. The first-order valence-electron chi connectivity index (χ1n) is 11.2. The molecule has 0 radical (unpaired) electrons. The molecular formula is C25H27N7O2. The largest absolute Gasteiger partial charge is 0.494 e. The van der Waals surface area contributed by atoms with Gasteiger partial charge in [-0.2, -0.15) is 10.2 Å². The van der Waals surface area contributed by atoms with Crippen molar-refractivity contribution in [2.24, 2.45) is 4.99 Å². The number of hydrogen-bond acceptors (Lipinski definition) is 6. The number of ether oxygens (including phenoxy) is 1. The van der Waals surface area contributed by atoms with Gasteiger partial charge in [0, 0.05) is 66.7 Å². The Balaban J connectivity index is 1.31. The van der Waals surface area contributed by atoms with Crippen molar-refractivity contribution in [3.63, 3.8) is 0 Å². The van der Waals surface area contributed by atoms with Gasteiger partial charge in [-0.3, -0.25) is 14.5 Å². The van der Waals surface area contributed by atoms with Crippen molar-refractivity contribution in [3.05, 3.63) is 66.2 Å². The Hall–Kier alpha value is -4.14. The van der Waals surface area contributed by atoms with Crippen molar-refractivity contribution in [3.8, 4) is 16.9 Å². The van der Waals surface area contributed by atoms with Crippen LogP contribution in [-0.2, 0) is 0 Å². The van der Waals surface area contributed by atoms with Gasteiger partial charge in [0.05, 0.1) is 25.5 Å². The van der Waals surface area contributed by atoms with E-state index in [9.17, 15) is 4.79 Å². The number of nitrogens with zero attached hydrogens (tertiary/aromatic N) is 6. The standard InChI is InChI=1S/C25H27N7O2/c1-27-12-19-13-29-32-15-18(11-23(34-2)24(19)32)20-14-28-31(16-20)22-7-9-30(10-8-22)25(33)17-3-5-21(26)6-4-17/h3-6,11-16,22H,7-10,26H2,1-2H3. The second-order valence-corrected chi connectivity index (χ2v) is 8.43. The Bertz CT molecular complexity index is 1350. The van der Waals surface area contributed by atoms with E-state index in [0.29, 0.717) is 24.3 Å². The first kappa shape index (κ1) is 21.7. The Morgan fingerprint density at radius 1 is 1.12 bits per heavy atom. The minimum absolute atomic E-state index is 0.0479.